The number of nitrogens with one attached hydrogen (secondary N) is 1. The van der Waals surface area contributed by atoms with Crippen LogP contribution in [0.2, 0.25) is 0 Å². The summed E-state index contributed by atoms with van der Waals surface area (Å²) in [6.07, 6.45) is 1.72. The highest BCUT2D eigenvalue weighted by Gasteiger charge is 2.21. The second-order valence-corrected chi connectivity index (χ2v) is 5.09. The zero-order valence-electron chi connectivity index (χ0n) is 11.4. The lowest BCUT2D eigenvalue weighted by Crippen LogP contribution is -2.33. The fourth-order valence-corrected chi connectivity index (χ4v) is 2.39. The maximum atomic E-state index is 13.4. The van der Waals surface area contributed by atoms with Gasteiger partial charge in [-0.05, 0) is 18.1 Å². The van der Waals surface area contributed by atoms with Crippen molar-refractivity contribution in [1.82, 2.24) is 5.32 Å². The van der Waals surface area contributed by atoms with Crippen molar-refractivity contribution in [2.75, 3.05) is 6.54 Å². The van der Waals surface area contributed by atoms with Crippen LogP contribution in [0, 0.1) is 23.4 Å². The molecule has 1 atom stereocenters. The van der Waals surface area contributed by atoms with Crippen LogP contribution >= 0.6 is 11.6 Å². The molecule has 1 unspecified atom stereocenters. The number of halogens is 4. The maximum absolute atomic E-state index is 13.4. The highest BCUT2D eigenvalue weighted by molar-refractivity contribution is 6.21. The predicted octanol–water partition coefficient (Wildman–Crippen LogP) is 3.88. The summed E-state index contributed by atoms with van der Waals surface area (Å²) in [7, 11) is 0. The molecule has 0 saturated carbocycles. The molecule has 0 bridgehead atoms. The normalized spacial score (nSPS) is 12.6. The van der Waals surface area contributed by atoms with Crippen molar-refractivity contribution >= 4 is 17.5 Å². The summed E-state index contributed by atoms with van der Waals surface area (Å²) in [5, 5.41) is 2.15. The van der Waals surface area contributed by atoms with Crippen LogP contribution in [0.15, 0.2) is 12.1 Å². The van der Waals surface area contributed by atoms with Crippen molar-refractivity contribution in [2.45, 2.75) is 32.1 Å². The first-order valence-corrected chi connectivity index (χ1v) is 6.91. The zero-order chi connectivity index (χ0) is 15.3. The molecule has 0 heterocycles. The van der Waals surface area contributed by atoms with Crippen LogP contribution in [-0.2, 0) is 0 Å². The van der Waals surface area contributed by atoms with Gasteiger partial charge >= 0.3 is 0 Å². The Labute approximate surface area is 121 Å². The number of hydrogen-bond donors (Lipinski definition) is 1. The minimum absolute atomic E-state index is 0.144. The molecule has 0 radical (unpaired) electrons. The SMILES string of the molecule is CCC(CC)C(Cl)CNC(=O)c1ccc(F)c(F)c1F. The zero-order valence-corrected chi connectivity index (χ0v) is 12.1. The minimum Gasteiger partial charge on any atom is -0.350 e. The molecule has 0 aliphatic carbocycles. The van der Waals surface area contributed by atoms with E-state index >= 15 is 0 Å². The van der Waals surface area contributed by atoms with Crippen LogP contribution in [0.5, 0.6) is 0 Å². The topological polar surface area (TPSA) is 29.1 Å². The average molecular weight is 308 g/mol. The molecule has 1 aromatic rings. The summed E-state index contributed by atoms with van der Waals surface area (Å²) in [5.41, 5.74) is -0.530. The van der Waals surface area contributed by atoms with Crippen molar-refractivity contribution in [3.8, 4) is 0 Å². The Balaban J connectivity index is 2.71. The van der Waals surface area contributed by atoms with Gasteiger partial charge in [0.1, 0.15) is 0 Å². The van der Waals surface area contributed by atoms with Gasteiger partial charge in [-0.15, -0.1) is 11.6 Å². The number of rotatable bonds is 6. The first-order valence-electron chi connectivity index (χ1n) is 6.48. The van der Waals surface area contributed by atoms with Gasteiger partial charge in [0.05, 0.1) is 10.9 Å². The Morgan fingerprint density at radius 1 is 1.20 bits per heavy atom. The van der Waals surface area contributed by atoms with Crippen LogP contribution in [0.1, 0.15) is 37.0 Å². The van der Waals surface area contributed by atoms with E-state index in [0.717, 1.165) is 18.9 Å². The van der Waals surface area contributed by atoms with Gasteiger partial charge in [-0.2, -0.15) is 0 Å². The second kappa shape index (κ2) is 7.53. The van der Waals surface area contributed by atoms with Crippen molar-refractivity contribution in [2.24, 2.45) is 5.92 Å². The summed E-state index contributed by atoms with van der Waals surface area (Å²) in [6.45, 7) is 4.12. The van der Waals surface area contributed by atoms with E-state index in [1.165, 1.54) is 0 Å². The predicted molar refractivity (Wildman–Crippen MR) is 72.4 cm³/mol. The Bertz CT molecular complexity index is 478. The van der Waals surface area contributed by atoms with E-state index in [4.69, 9.17) is 11.6 Å². The largest absolute Gasteiger partial charge is 0.350 e. The van der Waals surface area contributed by atoms with E-state index in [1.807, 2.05) is 13.8 Å². The summed E-state index contributed by atoms with van der Waals surface area (Å²) in [4.78, 5) is 11.7. The Morgan fingerprint density at radius 2 is 1.80 bits per heavy atom. The molecule has 20 heavy (non-hydrogen) atoms. The molecule has 2 nitrogen and oxygen atoms in total. The monoisotopic (exact) mass is 307 g/mol. The number of alkyl halides is 1. The van der Waals surface area contributed by atoms with Crippen molar-refractivity contribution in [3.63, 3.8) is 0 Å². The third-order valence-corrected chi connectivity index (χ3v) is 3.81. The molecule has 1 aromatic carbocycles. The van der Waals surface area contributed by atoms with E-state index in [2.05, 4.69) is 5.32 Å². The van der Waals surface area contributed by atoms with E-state index < -0.39 is 28.9 Å². The summed E-state index contributed by atoms with van der Waals surface area (Å²) in [6, 6.07) is 1.62. The lowest BCUT2D eigenvalue weighted by atomic mass is 9.99. The lowest BCUT2D eigenvalue weighted by molar-refractivity contribution is 0.0946. The van der Waals surface area contributed by atoms with Crippen LogP contribution < -0.4 is 5.32 Å². The third-order valence-electron chi connectivity index (χ3n) is 3.30. The standard InChI is InChI=1S/C14H17ClF3NO/c1-3-8(4-2)10(15)7-19-14(20)9-5-6-11(16)13(18)12(9)17/h5-6,8,10H,3-4,7H2,1-2H3,(H,19,20). The van der Waals surface area contributed by atoms with Gasteiger partial charge in [-0.1, -0.05) is 26.7 Å². The van der Waals surface area contributed by atoms with Crippen molar-refractivity contribution < 1.29 is 18.0 Å². The smallest absolute Gasteiger partial charge is 0.254 e. The molecule has 0 spiro atoms. The van der Waals surface area contributed by atoms with E-state index in [9.17, 15) is 18.0 Å². The van der Waals surface area contributed by atoms with Crippen molar-refractivity contribution in [1.29, 1.82) is 0 Å². The summed E-state index contributed by atoms with van der Waals surface area (Å²) >= 11 is 6.13. The Morgan fingerprint density at radius 3 is 2.35 bits per heavy atom. The van der Waals surface area contributed by atoms with Crippen LogP contribution in [0.3, 0.4) is 0 Å². The van der Waals surface area contributed by atoms with Gasteiger partial charge in [0, 0.05) is 6.54 Å². The molecule has 1 rings (SSSR count). The molecular formula is C14H17ClF3NO. The molecule has 0 saturated heterocycles. The van der Waals surface area contributed by atoms with Crippen LogP contribution in [0.25, 0.3) is 0 Å². The van der Waals surface area contributed by atoms with Crippen LogP contribution in [-0.4, -0.2) is 17.8 Å². The molecule has 6 heteroatoms. The molecule has 0 aliphatic rings. The van der Waals surface area contributed by atoms with Gasteiger partial charge in [0.15, 0.2) is 17.5 Å². The first-order chi connectivity index (χ1) is 9.42. The fourth-order valence-electron chi connectivity index (χ4n) is 1.95. The quantitative estimate of drug-likeness (QED) is 0.627. The summed E-state index contributed by atoms with van der Waals surface area (Å²) in [5.74, 6) is -5.05. The van der Waals surface area contributed by atoms with Gasteiger partial charge in [-0.3, -0.25) is 4.79 Å². The molecule has 1 amide bonds. The Hall–Kier alpha value is -1.23. The number of amides is 1. The molecule has 0 fully saturated rings. The Kier molecular flexibility index (Phi) is 6.33. The fraction of sp³-hybridized carbons (Fsp3) is 0.500. The highest BCUT2D eigenvalue weighted by Crippen LogP contribution is 2.18. The van der Waals surface area contributed by atoms with E-state index in [-0.39, 0.29) is 17.8 Å². The molecule has 0 aliphatic heterocycles. The number of carbonyl (C=O) groups excluding carboxylic acids is 1. The van der Waals surface area contributed by atoms with E-state index in [0.29, 0.717) is 6.07 Å². The summed E-state index contributed by atoms with van der Waals surface area (Å²) < 4.78 is 39.2. The van der Waals surface area contributed by atoms with Crippen LogP contribution in [0.4, 0.5) is 13.2 Å². The molecule has 0 aromatic heterocycles. The number of hydrogen-bond acceptors (Lipinski definition) is 1. The maximum Gasteiger partial charge on any atom is 0.254 e. The minimum atomic E-state index is -1.65. The highest BCUT2D eigenvalue weighted by atomic mass is 35.5. The first kappa shape index (κ1) is 16.8. The molecular weight excluding hydrogens is 291 g/mol. The molecule has 1 N–H and O–H groups in total. The van der Waals surface area contributed by atoms with E-state index in [1.54, 1.807) is 0 Å². The van der Waals surface area contributed by atoms with Crippen molar-refractivity contribution in [3.05, 3.63) is 35.1 Å². The van der Waals surface area contributed by atoms with Gasteiger partial charge in [0.25, 0.3) is 5.91 Å². The number of benzene rings is 1. The number of carbonyl (C=O) groups is 1. The third kappa shape index (κ3) is 3.88. The van der Waals surface area contributed by atoms with Gasteiger partial charge in [0.2, 0.25) is 0 Å². The van der Waals surface area contributed by atoms with Gasteiger partial charge < -0.3 is 5.32 Å². The lowest BCUT2D eigenvalue weighted by Gasteiger charge is -2.19. The second-order valence-electron chi connectivity index (χ2n) is 4.53. The average Bonchev–Trinajstić information content (AvgIpc) is 2.43. The van der Waals surface area contributed by atoms with Gasteiger partial charge in [-0.25, -0.2) is 13.2 Å². The molecule has 112 valence electrons.